The van der Waals surface area contributed by atoms with Crippen LogP contribution in [0.2, 0.25) is 0 Å². The topological polar surface area (TPSA) is 98.0 Å². The molecule has 1 unspecified atom stereocenters. The van der Waals surface area contributed by atoms with Gasteiger partial charge >= 0.3 is 6.09 Å². The van der Waals surface area contributed by atoms with Gasteiger partial charge in [0, 0.05) is 11.8 Å². The van der Waals surface area contributed by atoms with E-state index < -0.39 is 11.7 Å². The van der Waals surface area contributed by atoms with Gasteiger partial charge in [-0.25, -0.2) is 4.79 Å². The number of methoxy groups -OCH3 is 1. The van der Waals surface area contributed by atoms with E-state index in [1.165, 1.54) is 0 Å². The van der Waals surface area contributed by atoms with E-state index >= 15 is 0 Å². The van der Waals surface area contributed by atoms with Crippen molar-refractivity contribution in [3.63, 3.8) is 0 Å². The minimum absolute atomic E-state index is 0. The molecule has 0 bridgehead atoms. The average Bonchev–Trinajstić information content (AvgIpc) is 2.64. The second-order valence-corrected chi connectivity index (χ2v) is 7.19. The van der Waals surface area contributed by atoms with Gasteiger partial charge in [-0.3, -0.25) is 4.99 Å². The molecule has 2 aromatic rings. The molecule has 4 N–H and O–H groups in total. The summed E-state index contributed by atoms with van der Waals surface area (Å²) in [5.74, 6) is 0.951. The summed E-state index contributed by atoms with van der Waals surface area (Å²) in [4.78, 5) is 16.6. The molecule has 0 aliphatic carbocycles. The van der Waals surface area contributed by atoms with Crippen molar-refractivity contribution in [2.24, 2.45) is 10.7 Å². The summed E-state index contributed by atoms with van der Waals surface area (Å²) in [6.45, 7) is 5.71. The van der Waals surface area contributed by atoms with Crippen molar-refractivity contribution >= 4 is 41.7 Å². The predicted molar refractivity (Wildman–Crippen MR) is 127 cm³/mol. The van der Waals surface area contributed by atoms with Crippen LogP contribution in [0.3, 0.4) is 0 Å². The zero-order chi connectivity index (χ0) is 20.6. The Morgan fingerprint density at radius 3 is 2.45 bits per heavy atom. The zero-order valence-corrected chi connectivity index (χ0v) is 19.5. The van der Waals surface area contributed by atoms with Gasteiger partial charge in [0.25, 0.3) is 0 Å². The lowest BCUT2D eigenvalue weighted by molar-refractivity contribution is 0.0505. The summed E-state index contributed by atoms with van der Waals surface area (Å²) in [7, 11) is 1.60. The fourth-order valence-corrected chi connectivity index (χ4v) is 2.45. The smallest absolute Gasteiger partial charge is 0.408 e. The van der Waals surface area contributed by atoms with E-state index in [4.69, 9.17) is 15.2 Å². The first-order chi connectivity index (χ1) is 13.3. The molecule has 0 saturated carbocycles. The van der Waals surface area contributed by atoms with Crippen molar-refractivity contribution in [2.75, 3.05) is 19.0 Å². The molecule has 0 fully saturated rings. The molecular weight excluding hydrogens is 483 g/mol. The number of guanidine groups is 1. The Morgan fingerprint density at radius 2 is 1.83 bits per heavy atom. The van der Waals surface area contributed by atoms with Crippen LogP contribution in [0, 0.1) is 0 Å². The number of hydrogen-bond donors (Lipinski definition) is 3. The Labute approximate surface area is 189 Å². The summed E-state index contributed by atoms with van der Waals surface area (Å²) in [6, 6.07) is 16.6. The molecule has 0 aliphatic heterocycles. The molecule has 0 heterocycles. The molecular formula is C21H29IN4O3. The number of carbonyl (C=O) groups excluding carboxylic acids is 1. The van der Waals surface area contributed by atoms with Crippen LogP contribution in [0.1, 0.15) is 32.4 Å². The highest BCUT2D eigenvalue weighted by Gasteiger charge is 2.20. The second-order valence-electron chi connectivity index (χ2n) is 7.19. The first kappa shape index (κ1) is 24.5. The molecule has 0 aromatic heterocycles. The van der Waals surface area contributed by atoms with Gasteiger partial charge in [-0.05, 0) is 38.5 Å². The number of nitrogens with one attached hydrogen (secondary N) is 2. The van der Waals surface area contributed by atoms with Crippen molar-refractivity contribution in [1.82, 2.24) is 5.32 Å². The third-order valence-electron chi connectivity index (χ3n) is 3.68. The summed E-state index contributed by atoms with van der Waals surface area (Å²) >= 11 is 0. The molecule has 7 nitrogen and oxygen atoms in total. The van der Waals surface area contributed by atoms with E-state index in [9.17, 15) is 4.79 Å². The number of ether oxygens (including phenoxy) is 2. The third kappa shape index (κ3) is 9.03. The van der Waals surface area contributed by atoms with Crippen LogP contribution in [0.15, 0.2) is 59.6 Å². The molecule has 158 valence electrons. The van der Waals surface area contributed by atoms with Gasteiger partial charge in [-0.15, -0.1) is 24.0 Å². The number of anilines is 1. The number of nitrogens with zero attached hydrogens (tertiary/aromatic N) is 1. The first-order valence-electron chi connectivity index (χ1n) is 9.02. The van der Waals surface area contributed by atoms with Crippen molar-refractivity contribution in [1.29, 1.82) is 0 Å². The van der Waals surface area contributed by atoms with Gasteiger partial charge in [0.2, 0.25) is 0 Å². The maximum atomic E-state index is 12.2. The molecule has 0 radical (unpaired) electrons. The number of carbonyl (C=O) groups is 1. The monoisotopic (exact) mass is 512 g/mol. The van der Waals surface area contributed by atoms with Crippen LogP contribution in [0.5, 0.6) is 5.75 Å². The Morgan fingerprint density at radius 1 is 1.14 bits per heavy atom. The van der Waals surface area contributed by atoms with Gasteiger partial charge in [-0.2, -0.15) is 0 Å². The number of benzene rings is 2. The maximum absolute atomic E-state index is 12.2. The molecule has 0 aliphatic rings. The van der Waals surface area contributed by atoms with Gasteiger partial charge in [0.15, 0.2) is 5.96 Å². The number of alkyl carbamates (subject to hydrolysis) is 1. The molecule has 0 spiro atoms. The first-order valence-corrected chi connectivity index (χ1v) is 9.02. The zero-order valence-electron chi connectivity index (χ0n) is 17.1. The highest BCUT2D eigenvalue weighted by Crippen LogP contribution is 2.17. The molecule has 2 aromatic carbocycles. The summed E-state index contributed by atoms with van der Waals surface area (Å²) in [6.07, 6.45) is -0.504. The van der Waals surface area contributed by atoms with E-state index in [0.29, 0.717) is 5.75 Å². The lowest BCUT2D eigenvalue weighted by Crippen LogP contribution is -2.36. The van der Waals surface area contributed by atoms with Crippen LogP contribution in [-0.4, -0.2) is 31.3 Å². The standard InChI is InChI=1S/C21H28N4O3.HI/c1-21(2,3)28-20(26)25-18(15-9-6-5-7-10-15)14-23-19(22)24-16-11-8-12-17(13-16)27-4;/h5-13,18H,14H2,1-4H3,(H,25,26)(H3,22,23,24);1H. The Kier molecular flexibility index (Phi) is 9.73. The number of rotatable bonds is 6. The molecule has 0 saturated heterocycles. The number of hydrogen-bond acceptors (Lipinski definition) is 4. The van der Waals surface area contributed by atoms with Crippen LogP contribution in [0.25, 0.3) is 0 Å². The molecule has 8 heteroatoms. The third-order valence-corrected chi connectivity index (χ3v) is 3.68. The van der Waals surface area contributed by atoms with Crippen molar-refractivity contribution in [2.45, 2.75) is 32.4 Å². The van der Waals surface area contributed by atoms with Crippen LogP contribution < -0.4 is 21.1 Å². The lowest BCUT2D eigenvalue weighted by atomic mass is 10.1. The van der Waals surface area contributed by atoms with Crippen molar-refractivity contribution in [3.05, 3.63) is 60.2 Å². The van der Waals surface area contributed by atoms with Crippen molar-refractivity contribution in [3.8, 4) is 5.75 Å². The quantitative estimate of drug-likeness (QED) is 0.305. The van der Waals surface area contributed by atoms with Crippen LogP contribution >= 0.6 is 24.0 Å². The summed E-state index contributed by atoms with van der Waals surface area (Å²) < 4.78 is 10.6. The predicted octanol–water partition coefficient (Wildman–Crippen LogP) is 4.31. The van der Waals surface area contributed by atoms with E-state index in [2.05, 4.69) is 15.6 Å². The van der Waals surface area contributed by atoms with Gasteiger partial charge in [0.1, 0.15) is 11.4 Å². The van der Waals surface area contributed by atoms with E-state index in [-0.39, 0.29) is 42.5 Å². The van der Waals surface area contributed by atoms with Crippen LogP contribution in [0.4, 0.5) is 10.5 Å². The lowest BCUT2D eigenvalue weighted by Gasteiger charge is -2.23. The molecule has 1 atom stereocenters. The fraction of sp³-hybridized carbons (Fsp3) is 0.333. The Bertz CT molecular complexity index is 807. The minimum Gasteiger partial charge on any atom is -0.497 e. The molecule has 1 amide bonds. The number of amides is 1. The second kappa shape index (κ2) is 11.5. The van der Waals surface area contributed by atoms with E-state index in [1.54, 1.807) is 7.11 Å². The average molecular weight is 512 g/mol. The number of aliphatic imine (C=N–C) groups is 1. The fourth-order valence-electron chi connectivity index (χ4n) is 2.45. The Hall–Kier alpha value is -2.49. The maximum Gasteiger partial charge on any atom is 0.408 e. The summed E-state index contributed by atoms with van der Waals surface area (Å²) in [5.41, 5.74) is 7.10. The van der Waals surface area contributed by atoms with Gasteiger partial charge in [0.05, 0.1) is 19.7 Å². The minimum atomic E-state index is -0.582. The van der Waals surface area contributed by atoms with Crippen molar-refractivity contribution < 1.29 is 14.3 Å². The molecule has 2 rings (SSSR count). The van der Waals surface area contributed by atoms with E-state index in [1.807, 2.05) is 75.4 Å². The SMILES string of the molecule is COc1cccc(NC(N)=NCC(NC(=O)OC(C)(C)C)c2ccccc2)c1.I. The Balaban J connectivity index is 0.00000420. The van der Waals surface area contributed by atoms with Gasteiger partial charge in [-0.1, -0.05) is 36.4 Å². The number of nitrogens with two attached hydrogens (primary N) is 1. The molecule has 29 heavy (non-hydrogen) atoms. The number of halogens is 1. The van der Waals surface area contributed by atoms with Gasteiger partial charge < -0.3 is 25.8 Å². The highest BCUT2D eigenvalue weighted by atomic mass is 127. The largest absolute Gasteiger partial charge is 0.497 e. The van der Waals surface area contributed by atoms with E-state index in [0.717, 1.165) is 11.3 Å². The highest BCUT2D eigenvalue weighted by molar-refractivity contribution is 14.0. The summed E-state index contributed by atoms with van der Waals surface area (Å²) in [5, 5.41) is 5.87. The van der Waals surface area contributed by atoms with Crippen LogP contribution in [-0.2, 0) is 4.74 Å². The normalized spacial score (nSPS) is 12.3.